The fraction of sp³-hybridized carbons (Fsp3) is 0.600. The van der Waals surface area contributed by atoms with Gasteiger partial charge >= 0.3 is 0 Å². The van der Waals surface area contributed by atoms with Gasteiger partial charge in [0.05, 0.1) is 6.61 Å². The molecule has 1 unspecified atom stereocenters. The fourth-order valence-electron chi connectivity index (χ4n) is 2.41. The van der Waals surface area contributed by atoms with Crippen LogP contribution in [0.4, 0.5) is 0 Å². The minimum absolute atomic E-state index is 0.273. The number of rotatable bonds is 5. The Labute approximate surface area is 104 Å². The number of aryl methyl sites for hydroxylation is 1. The maximum absolute atomic E-state index is 5.90. The molecule has 2 N–H and O–H groups in total. The first kappa shape index (κ1) is 12.4. The van der Waals surface area contributed by atoms with Crippen molar-refractivity contribution in [3.8, 4) is 5.75 Å². The van der Waals surface area contributed by atoms with Gasteiger partial charge in [0.25, 0.3) is 0 Å². The van der Waals surface area contributed by atoms with Crippen molar-refractivity contribution < 1.29 is 4.74 Å². The summed E-state index contributed by atoms with van der Waals surface area (Å²) in [7, 11) is 0. The summed E-state index contributed by atoms with van der Waals surface area (Å²) in [5.74, 6) is 1.09. The number of fused-ring (bicyclic) bond motifs is 1. The lowest BCUT2D eigenvalue weighted by Crippen LogP contribution is -2.21. The lowest BCUT2D eigenvalue weighted by molar-refractivity contribution is 0.292. The molecule has 0 spiro atoms. The standard InChI is InChI=1S/C15H23NO/c1-2-13(16)10-11-17-15-9-5-7-12-6-3-4-8-14(12)15/h5,7,9,13H,2-4,6,8,10-11,16H2,1H3. The van der Waals surface area contributed by atoms with Crippen LogP contribution in [0.25, 0.3) is 0 Å². The highest BCUT2D eigenvalue weighted by molar-refractivity contribution is 5.41. The molecule has 2 rings (SSSR count). The van der Waals surface area contributed by atoms with Gasteiger partial charge in [-0.25, -0.2) is 0 Å². The van der Waals surface area contributed by atoms with E-state index in [9.17, 15) is 0 Å². The van der Waals surface area contributed by atoms with Crippen molar-refractivity contribution in [3.63, 3.8) is 0 Å². The summed E-state index contributed by atoms with van der Waals surface area (Å²) in [6, 6.07) is 6.72. The summed E-state index contributed by atoms with van der Waals surface area (Å²) in [6.07, 6.45) is 6.96. The van der Waals surface area contributed by atoms with Crippen LogP contribution in [0, 0.1) is 0 Å². The molecule has 1 aromatic rings. The lowest BCUT2D eigenvalue weighted by Gasteiger charge is -2.20. The largest absolute Gasteiger partial charge is 0.493 e. The van der Waals surface area contributed by atoms with Gasteiger partial charge in [0.2, 0.25) is 0 Å². The van der Waals surface area contributed by atoms with Crippen molar-refractivity contribution in [2.24, 2.45) is 5.73 Å². The maximum atomic E-state index is 5.90. The van der Waals surface area contributed by atoms with Gasteiger partial charge in [-0.1, -0.05) is 19.1 Å². The molecule has 0 radical (unpaired) electrons. The van der Waals surface area contributed by atoms with Crippen LogP contribution >= 0.6 is 0 Å². The summed E-state index contributed by atoms with van der Waals surface area (Å²) in [6.45, 7) is 2.86. The Hall–Kier alpha value is -1.02. The molecule has 17 heavy (non-hydrogen) atoms. The summed E-state index contributed by atoms with van der Waals surface area (Å²) < 4.78 is 5.90. The average molecular weight is 233 g/mol. The van der Waals surface area contributed by atoms with Crippen LogP contribution in [0.2, 0.25) is 0 Å². The van der Waals surface area contributed by atoms with E-state index in [0.29, 0.717) is 0 Å². The zero-order valence-corrected chi connectivity index (χ0v) is 10.7. The summed E-state index contributed by atoms with van der Waals surface area (Å²) in [4.78, 5) is 0. The SMILES string of the molecule is CCC(N)CCOc1cccc2c1CCCC2. The van der Waals surface area contributed by atoms with Crippen LogP contribution in [0.3, 0.4) is 0 Å². The molecule has 2 nitrogen and oxygen atoms in total. The summed E-state index contributed by atoms with van der Waals surface area (Å²) in [5, 5.41) is 0. The molecule has 0 fully saturated rings. The number of benzene rings is 1. The number of hydrogen-bond acceptors (Lipinski definition) is 2. The van der Waals surface area contributed by atoms with E-state index in [1.54, 1.807) is 0 Å². The molecule has 1 atom stereocenters. The highest BCUT2D eigenvalue weighted by atomic mass is 16.5. The van der Waals surface area contributed by atoms with Crippen molar-refractivity contribution in [2.75, 3.05) is 6.61 Å². The molecule has 0 saturated heterocycles. The Balaban J connectivity index is 1.96. The van der Waals surface area contributed by atoms with E-state index in [1.807, 2.05) is 0 Å². The zero-order chi connectivity index (χ0) is 12.1. The number of hydrogen-bond donors (Lipinski definition) is 1. The van der Waals surface area contributed by atoms with E-state index in [1.165, 1.54) is 36.8 Å². The lowest BCUT2D eigenvalue weighted by atomic mass is 9.91. The topological polar surface area (TPSA) is 35.2 Å². The maximum Gasteiger partial charge on any atom is 0.122 e. The number of nitrogens with two attached hydrogens (primary N) is 1. The van der Waals surface area contributed by atoms with Crippen LogP contribution in [0.1, 0.15) is 43.7 Å². The highest BCUT2D eigenvalue weighted by Crippen LogP contribution is 2.29. The molecular formula is C15H23NO. The molecule has 0 aromatic heterocycles. The van der Waals surface area contributed by atoms with E-state index in [-0.39, 0.29) is 6.04 Å². The Morgan fingerprint density at radius 3 is 2.94 bits per heavy atom. The van der Waals surface area contributed by atoms with Gasteiger partial charge in [-0.2, -0.15) is 0 Å². The van der Waals surface area contributed by atoms with Crippen molar-refractivity contribution in [2.45, 2.75) is 51.5 Å². The zero-order valence-electron chi connectivity index (χ0n) is 10.7. The minimum Gasteiger partial charge on any atom is -0.493 e. The van der Waals surface area contributed by atoms with Gasteiger partial charge in [0, 0.05) is 6.04 Å². The third-order valence-corrected chi connectivity index (χ3v) is 3.62. The molecule has 0 bridgehead atoms. The molecule has 0 aliphatic heterocycles. The van der Waals surface area contributed by atoms with E-state index in [2.05, 4.69) is 25.1 Å². The van der Waals surface area contributed by atoms with Crippen LogP contribution in [-0.2, 0) is 12.8 Å². The van der Waals surface area contributed by atoms with Crippen LogP contribution in [0.15, 0.2) is 18.2 Å². The molecule has 2 heteroatoms. The normalized spacial score (nSPS) is 16.4. The van der Waals surface area contributed by atoms with Crippen LogP contribution < -0.4 is 10.5 Å². The average Bonchev–Trinajstić information content (AvgIpc) is 2.39. The van der Waals surface area contributed by atoms with Crippen molar-refractivity contribution in [1.29, 1.82) is 0 Å². The molecule has 1 aromatic carbocycles. The van der Waals surface area contributed by atoms with Gasteiger partial charge in [-0.15, -0.1) is 0 Å². The van der Waals surface area contributed by atoms with E-state index in [4.69, 9.17) is 10.5 Å². The van der Waals surface area contributed by atoms with Crippen LogP contribution in [-0.4, -0.2) is 12.6 Å². The second kappa shape index (κ2) is 6.06. The van der Waals surface area contributed by atoms with Crippen LogP contribution in [0.5, 0.6) is 5.75 Å². The quantitative estimate of drug-likeness (QED) is 0.848. The van der Waals surface area contributed by atoms with Gasteiger partial charge in [0.1, 0.15) is 5.75 Å². The third kappa shape index (κ3) is 3.22. The highest BCUT2D eigenvalue weighted by Gasteiger charge is 2.13. The second-order valence-corrected chi connectivity index (χ2v) is 4.91. The van der Waals surface area contributed by atoms with Gasteiger partial charge in [0.15, 0.2) is 0 Å². The predicted molar refractivity (Wildman–Crippen MR) is 71.5 cm³/mol. The molecule has 0 heterocycles. The molecule has 0 saturated carbocycles. The first-order chi connectivity index (χ1) is 8.31. The minimum atomic E-state index is 0.273. The second-order valence-electron chi connectivity index (χ2n) is 4.91. The van der Waals surface area contributed by atoms with E-state index < -0.39 is 0 Å². The predicted octanol–water partition coefficient (Wildman–Crippen LogP) is 3.07. The van der Waals surface area contributed by atoms with E-state index in [0.717, 1.165) is 25.2 Å². The van der Waals surface area contributed by atoms with Gasteiger partial charge in [-0.3, -0.25) is 0 Å². The van der Waals surface area contributed by atoms with Crippen molar-refractivity contribution >= 4 is 0 Å². The Morgan fingerprint density at radius 2 is 2.12 bits per heavy atom. The van der Waals surface area contributed by atoms with Crippen molar-refractivity contribution in [1.82, 2.24) is 0 Å². The first-order valence-corrected chi connectivity index (χ1v) is 6.80. The van der Waals surface area contributed by atoms with Gasteiger partial charge < -0.3 is 10.5 Å². The fourth-order valence-corrected chi connectivity index (χ4v) is 2.41. The van der Waals surface area contributed by atoms with Crippen molar-refractivity contribution in [3.05, 3.63) is 29.3 Å². The smallest absolute Gasteiger partial charge is 0.122 e. The summed E-state index contributed by atoms with van der Waals surface area (Å²) in [5.41, 5.74) is 8.81. The monoisotopic (exact) mass is 233 g/mol. The molecule has 1 aliphatic carbocycles. The molecule has 0 amide bonds. The molecular weight excluding hydrogens is 210 g/mol. The summed E-state index contributed by atoms with van der Waals surface area (Å²) >= 11 is 0. The third-order valence-electron chi connectivity index (χ3n) is 3.62. The molecule has 1 aliphatic rings. The Morgan fingerprint density at radius 1 is 1.29 bits per heavy atom. The van der Waals surface area contributed by atoms with Gasteiger partial charge in [-0.05, 0) is 55.7 Å². The Bertz CT molecular complexity index is 362. The first-order valence-electron chi connectivity index (χ1n) is 6.80. The Kier molecular flexibility index (Phi) is 4.43. The molecule has 94 valence electrons. The number of ether oxygens (including phenoxy) is 1. The van der Waals surface area contributed by atoms with E-state index >= 15 is 0 Å².